The standard InChI is InChI=1S/C11H16N5O13P3/c1-10(17)9(16-3-15-4-7(12)13-2-14-8(4)16)26-5-6(11(5,10)18)27-31(22,23)29-32(24,25)28-30(19,20)21/h2-3,5-6,9,17-18H,1H3,(H,22,23)(H,24,25)(H2,12,13,14)(H2,19,20,21)/t5-,6?,9-,10+,11+/m1/s1. The summed E-state index contributed by atoms with van der Waals surface area (Å²) in [6.45, 7) is 1.12. The van der Waals surface area contributed by atoms with Crippen LogP contribution in [0.25, 0.3) is 11.2 Å². The Labute approximate surface area is 177 Å². The van der Waals surface area contributed by atoms with Gasteiger partial charge in [-0.2, -0.15) is 8.62 Å². The van der Waals surface area contributed by atoms with E-state index in [4.69, 9.17) is 20.3 Å². The molecule has 1 saturated carbocycles. The van der Waals surface area contributed by atoms with Gasteiger partial charge in [-0.05, 0) is 6.92 Å². The third kappa shape index (κ3) is 3.82. The Morgan fingerprint density at radius 1 is 1.09 bits per heavy atom. The molecule has 0 spiro atoms. The number of nitrogen functional groups attached to an aromatic ring is 1. The lowest BCUT2D eigenvalue weighted by molar-refractivity contribution is -0.155. The number of aliphatic hydroxyl groups is 2. The number of nitrogens with zero attached hydrogens (tertiary/aromatic N) is 4. The highest BCUT2D eigenvalue weighted by Gasteiger charge is 2.84. The average Bonchev–Trinajstić information content (AvgIpc) is 2.89. The van der Waals surface area contributed by atoms with Crippen LogP contribution in [0.3, 0.4) is 0 Å². The first-order valence-corrected chi connectivity index (χ1v) is 12.9. The van der Waals surface area contributed by atoms with Crippen molar-refractivity contribution in [3.63, 3.8) is 0 Å². The summed E-state index contributed by atoms with van der Waals surface area (Å²) in [7, 11) is -16.9. The van der Waals surface area contributed by atoms with E-state index in [9.17, 15) is 33.7 Å². The van der Waals surface area contributed by atoms with Gasteiger partial charge in [-0.25, -0.2) is 28.6 Å². The van der Waals surface area contributed by atoms with Gasteiger partial charge in [0.25, 0.3) is 0 Å². The Bertz CT molecular complexity index is 1230. The van der Waals surface area contributed by atoms with Crippen molar-refractivity contribution >= 4 is 40.4 Å². The first kappa shape index (κ1) is 23.8. The quantitative estimate of drug-likeness (QED) is 0.205. The van der Waals surface area contributed by atoms with E-state index in [1.54, 1.807) is 0 Å². The molecule has 2 aromatic rings. The highest BCUT2D eigenvalue weighted by molar-refractivity contribution is 7.66. The fourth-order valence-corrected chi connectivity index (χ4v) is 6.71. The molecule has 21 heteroatoms. The maximum Gasteiger partial charge on any atom is 0.490 e. The summed E-state index contributed by atoms with van der Waals surface area (Å²) in [4.78, 5) is 47.7. The van der Waals surface area contributed by atoms with E-state index >= 15 is 0 Å². The first-order chi connectivity index (χ1) is 14.5. The van der Waals surface area contributed by atoms with Gasteiger partial charge in [0, 0.05) is 0 Å². The minimum absolute atomic E-state index is 0.0424. The number of ether oxygens (including phenoxy) is 1. The second-order valence-corrected chi connectivity index (χ2v) is 11.5. The molecule has 3 heterocycles. The van der Waals surface area contributed by atoms with Crippen LogP contribution in [-0.4, -0.2) is 72.7 Å². The van der Waals surface area contributed by atoms with Crippen LogP contribution in [-0.2, 0) is 31.6 Å². The van der Waals surface area contributed by atoms with Gasteiger partial charge < -0.3 is 40.3 Å². The molecule has 4 rings (SSSR count). The zero-order chi connectivity index (χ0) is 23.9. The highest BCUT2D eigenvalue weighted by atomic mass is 31.3. The Morgan fingerprint density at radius 3 is 2.31 bits per heavy atom. The summed E-state index contributed by atoms with van der Waals surface area (Å²) in [5.41, 5.74) is 1.54. The molecule has 1 saturated heterocycles. The van der Waals surface area contributed by atoms with Crippen molar-refractivity contribution in [2.75, 3.05) is 5.73 Å². The van der Waals surface area contributed by atoms with Crippen molar-refractivity contribution in [1.82, 2.24) is 19.5 Å². The van der Waals surface area contributed by atoms with E-state index in [2.05, 4.69) is 28.1 Å². The Balaban J connectivity index is 1.53. The molecule has 32 heavy (non-hydrogen) atoms. The molecule has 1 aliphatic carbocycles. The number of imidazole rings is 1. The van der Waals surface area contributed by atoms with Gasteiger partial charge in [0.05, 0.1) is 6.33 Å². The van der Waals surface area contributed by atoms with Gasteiger partial charge in [0.15, 0.2) is 23.3 Å². The number of hydrogen-bond acceptors (Lipinski definition) is 13. The zero-order valence-corrected chi connectivity index (χ0v) is 18.3. The molecule has 2 aromatic heterocycles. The lowest BCUT2D eigenvalue weighted by Crippen LogP contribution is -2.48. The second-order valence-electron chi connectivity index (χ2n) is 7.08. The van der Waals surface area contributed by atoms with Crippen LogP contribution in [0.2, 0.25) is 0 Å². The monoisotopic (exact) mass is 519 g/mol. The summed E-state index contributed by atoms with van der Waals surface area (Å²) in [6, 6.07) is 0. The molecule has 0 bridgehead atoms. The molecule has 2 aliphatic rings. The van der Waals surface area contributed by atoms with E-state index in [1.165, 1.54) is 10.9 Å². The molecule has 7 atom stereocenters. The van der Waals surface area contributed by atoms with Crippen molar-refractivity contribution in [2.45, 2.75) is 36.6 Å². The van der Waals surface area contributed by atoms with E-state index in [-0.39, 0.29) is 17.0 Å². The highest BCUT2D eigenvalue weighted by Crippen LogP contribution is 2.70. The molecule has 0 radical (unpaired) electrons. The number of aromatic nitrogens is 4. The van der Waals surface area contributed by atoms with Gasteiger partial charge in [-0.15, -0.1) is 0 Å². The largest absolute Gasteiger partial charge is 0.490 e. The lowest BCUT2D eigenvalue weighted by atomic mass is 9.95. The fraction of sp³-hybridized carbons (Fsp3) is 0.545. The Hall–Kier alpha value is -1.36. The lowest BCUT2D eigenvalue weighted by Gasteiger charge is -2.33. The summed E-state index contributed by atoms with van der Waals surface area (Å²) < 4.78 is 52.7. The predicted molar refractivity (Wildman–Crippen MR) is 98.0 cm³/mol. The van der Waals surface area contributed by atoms with Crippen molar-refractivity contribution in [2.24, 2.45) is 0 Å². The van der Waals surface area contributed by atoms with Crippen LogP contribution in [0.4, 0.5) is 5.82 Å². The summed E-state index contributed by atoms with van der Waals surface area (Å²) >= 11 is 0. The van der Waals surface area contributed by atoms with Crippen LogP contribution in [0.15, 0.2) is 12.7 Å². The van der Waals surface area contributed by atoms with Crippen LogP contribution in [0, 0.1) is 0 Å². The minimum Gasteiger partial charge on any atom is -0.382 e. The number of rotatable bonds is 7. The van der Waals surface area contributed by atoms with E-state index in [0.29, 0.717) is 0 Å². The fourth-order valence-electron chi connectivity index (χ4n) is 3.49. The topological polar surface area (TPSA) is 279 Å². The first-order valence-electron chi connectivity index (χ1n) is 8.34. The summed E-state index contributed by atoms with van der Waals surface area (Å²) in [5.74, 6) is 0.0424. The molecule has 18 nitrogen and oxygen atoms in total. The summed E-state index contributed by atoms with van der Waals surface area (Å²) in [6.07, 6.45) is -2.15. The maximum absolute atomic E-state index is 12.0. The normalized spacial score (nSPS) is 35.9. The molecular formula is C11H16N5O13P3. The van der Waals surface area contributed by atoms with Gasteiger partial charge in [0.1, 0.15) is 29.7 Å². The molecule has 1 aliphatic heterocycles. The molecule has 0 amide bonds. The Morgan fingerprint density at radius 2 is 1.75 bits per heavy atom. The van der Waals surface area contributed by atoms with E-state index < -0.39 is 53.1 Å². The average molecular weight is 519 g/mol. The van der Waals surface area contributed by atoms with Crippen LogP contribution >= 0.6 is 23.5 Å². The van der Waals surface area contributed by atoms with Crippen molar-refractivity contribution in [3.8, 4) is 0 Å². The van der Waals surface area contributed by atoms with E-state index in [0.717, 1.165) is 13.3 Å². The van der Waals surface area contributed by atoms with Gasteiger partial charge in [0.2, 0.25) is 0 Å². The Kier molecular flexibility index (Phi) is 5.26. The molecule has 8 N–H and O–H groups in total. The number of hydrogen-bond donors (Lipinski definition) is 7. The third-order valence-electron chi connectivity index (χ3n) is 4.90. The minimum atomic E-state index is -5.76. The predicted octanol–water partition coefficient (Wildman–Crippen LogP) is -1.49. The molecule has 0 aromatic carbocycles. The number of phosphoric acid groups is 3. The van der Waals surface area contributed by atoms with Crippen LogP contribution in [0.5, 0.6) is 0 Å². The molecular weight excluding hydrogens is 503 g/mol. The van der Waals surface area contributed by atoms with Gasteiger partial charge >= 0.3 is 23.5 Å². The van der Waals surface area contributed by atoms with Crippen molar-refractivity contribution in [1.29, 1.82) is 0 Å². The number of fused-ring (bicyclic) bond motifs is 2. The van der Waals surface area contributed by atoms with Crippen molar-refractivity contribution in [3.05, 3.63) is 12.7 Å². The SMILES string of the molecule is C[C@]1(O)[C@H](n2cnc3c(N)ncnc32)O[C@@H]2C(OP(=O)(O)OP(=O)(O)OP(=O)(O)O)[C@@]21O. The number of phosphoric ester groups is 1. The van der Waals surface area contributed by atoms with Gasteiger partial charge in [-0.3, -0.25) is 9.09 Å². The van der Waals surface area contributed by atoms with Crippen LogP contribution in [0.1, 0.15) is 13.2 Å². The van der Waals surface area contributed by atoms with E-state index in [1.807, 2.05) is 0 Å². The number of nitrogens with two attached hydrogens (primary N) is 1. The zero-order valence-electron chi connectivity index (χ0n) is 15.6. The molecule has 2 fully saturated rings. The smallest absolute Gasteiger partial charge is 0.382 e. The number of anilines is 1. The summed E-state index contributed by atoms with van der Waals surface area (Å²) in [5, 5.41) is 21.8. The molecule has 3 unspecified atom stereocenters. The van der Waals surface area contributed by atoms with Crippen LogP contribution < -0.4 is 5.73 Å². The third-order valence-corrected chi connectivity index (χ3v) is 8.72. The second kappa shape index (κ2) is 7.07. The van der Waals surface area contributed by atoms with Crippen molar-refractivity contribution < 1.29 is 61.4 Å². The van der Waals surface area contributed by atoms with Gasteiger partial charge in [-0.1, -0.05) is 0 Å². The molecule has 178 valence electrons. The maximum atomic E-state index is 12.0.